The van der Waals surface area contributed by atoms with Gasteiger partial charge in [0.2, 0.25) is 0 Å². The summed E-state index contributed by atoms with van der Waals surface area (Å²) < 4.78 is 34.2. The first-order valence-corrected chi connectivity index (χ1v) is 6.40. The molecule has 0 fully saturated rings. The first-order valence-electron chi connectivity index (χ1n) is 5.52. The highest BCUT2D eigenvalue weighted by molar-refractivity contribution is 7.14. The maximum atomic E-state index is 12.3. The van der Waals surface area contributed by atoms with E-state index in [4.69, 9.17) is 10.5 Å². The highest BCUT2D eigenvalue weighted by atomic mass is 32.1. The molecule has 0 radical (unpaired) electrons. The molecule has 1 aromatic heterocycles. The van der Waals surface area contributed by atoms with Crippen molar-refractivity contribution in [3.8, 4) is 22.8 Å². The Morgan fingerprint density at radius 3 is 2.74 bits per heavy atom. The van der Waals surface area contributed by atoms with Crippen LogP contribution >= 0.6 is 11.3 Å². The third-order valence-corrected chi connectivity index (χ3v) is 2.99. The van der Waals surface area contributed by atoms with Crippen LogP contribution in [0.3, 0.4) is 0 Å². The molecular weight excluding hydrogens is 274 g/mol. The van der Waals surface area contributed by atoms with Gasteiger partial charge in [-0.2, -0.15) is 8.78 Å². The molecule has 0 aliphatic carbocycles. The maximum Gasteiger partial charge on any atom is 0.387 e. The Labute approximate surface area is 112 Å². The van der Waals surface area contributed by atoms with E-state index in [1.165, 1.54) is 17.4 Å². The van der Waals surface area contributed by atoms with Gasteiger partial charge in [-0.1, -0.05) is 0 Å². The van der Waals surface area contributed by atoms with Crippen molar-refractivity contribution < 1.29 is 18.3 Å². The molecule has 0 bridgehead atoms. The van der Waals surface area contributed by atoms with Crippen LogP contribution in [0.4, 0.5) is 13.8 Å². The standard InChI is InChI=1S/C12H12F2N2O2S/c1-2-17-9-5-7(10-11(15)19-6-16-10)3-4-8(9)18-12(13)14/h3-6,12H,2,15H2,1H3. The molecule has 2 rings (SSSR count). The fourth-order valence-electron chi connectivity index (χ4n) is 1.59. The van der Waals surface area contributed by atoms with Gasteiger partial charge in [-0.3, -0.25) is 0 Å². The van der Waals surface area contributed by atoms with Crippen LogP contribution in [0, 0.1) is 0 Å². The number of halogens is 2. The van der Waals surface area contributed by atoms with Crippen molar-refractivity contribution in [1.82, 2.24) is 4.98 Å². The number of hydrogen-bond acceptors (Lipinski definition) is 5. The van der Waals surface area contributed by atoms with Crippen molar-refractivity contribution in [2.24, 2.45) is 0 Å². The van der Waals surface area contributed by atoms with E-state index in [0.717, 1.165) is 0 Å². The van der Waals surface area contributed by atoms with Crippen LogP contribution in [-0.2, 0) is 0 Å². The molecule has 2 aromatic rings. The molecule has 19 heavy (non-hydrogen) atoms. The summed E-state index contributed by atoms with van der Waals surface area (Å²) in [5, 5.41) is 0.560. The van der Waals surface area contributed by atoms with E-state index in [9.17, 15) is 8.78 Å². The summed E-state index contributed by atoms with van der Waals surface area (Å²) in [5.41, 5.74) is 8.70. The molecule has 0 unspecified atom stereocenters. The van der Waals surface area contributed by atoms with Gasteiger partial charge in [0.15, 0.2) is 11.5 Å². The number of hydrogen-bond donors (Lipinski definition) is 1. The van der Waals surface area contributed by atoms with Crippen molar-refractivity contribution in [2.75, 3.05) is 12.3 Å². The number of nitrogens with zero attached hydrogens (tertiary/aromatic N) is 1. The largest absolute Gasteiger partial charge is 0.490 e. The highest BCUT2D eigenvalue weighted by Gasteiger charge is 2.14. The van der Waals surface area contributed by atoms with Gasteiger partial charge in [-0.25, -0.2) is 4.98 Å². The lowest BCUT2D eigenvalue weighted by Crippen LogP contribution is -2.04. The molecule has 0 saturated heterocycles. The number of benzene rings is 1. The number of nitrogens with two attached hydrogens (primary N) is 1. The van der Waals surface area contributed by atoms with Crippen LogP contribution in [0.15, 0.2) is 23.7 Å². The minimum atomic E-state index is -2.89. The average molecular weight is 286 g/mol. The zero-order chi connectivity index (χ0) is 13.8. The highest BCUT2D eigenvalue weighted by Crippen LogP contribution is 2.35. The SMILES string of the molecule is CCOc1cc(-c2ncsc2N)ccc1OC(F)F. The fraction of sp³-hybridized carbons (Fsp3) is 0.250. The predicted octanol–water partition coefficient (Wildman–Crippen LogP) is 3.39. The van der Waals surface area contributed by atoms with Crippen LogP contribution in [0.5, 0.6) is 11.5 Å². The van der Waals surface area contributed by atoms with Gasteiger partial charge in [0.05, 0.1) is 12.1 Å². The second-order valence-corrected chi connectivity index (χ2v) is 4.42. The van der Waals surface area contributed by atoms with Gasteiger partial charge in [-0.05, 0) is 25.1 Å². The predicted molar refractivity (Wildman–Crippen MR) is 69.8 cm³/mol. The Hall–Kier alpha value is -1.89. The van der Waals surface area contributed by atoms with E-state index in [1.807, 2.05) is 0 Å². The topological polar surface area (TPSA) is 57.4 Å². The molecule has 0 saturated carbocycles. The van der Waals surface area contributed by atoms with E-state index in [-0.39, 0.29) is 11.5 Å². The molecule has 1 aromatic carbocycles. The molecular formula is C12H12F2N2O2S. The van der Waals surface area contributed by atoms with Crippen molar-refractivity contribution >= 4 is 16.3 Å². The molecule has 1 heterocycles. The number of anilines is 1. The summed E-state index contributed by atoms with van der Waals surface area (Å²) in [6.45, 7) is -0.791. The summed E-state index contributed by atoms with van der Waals surface area (Å²) >= 11 is 1.31. The second-order valence-electron chi connectivity index (χ2n) is 3.54. The molecule has 7 heteroatoms. The Bertz CT molecular complexity index is 560. The Balaban J connectivity index is 2.38. The van der Waals surface area contributed by atoms with Crippen molar-refractivity contribution in [2.45, 2.75) is 13.5 Å². The lowest BCUT2D eigenvalue weighted by Gasteiger charge is -2.12. The van der Waals surface area contributed by atoms with Crippen LogP contribution in [0.1, 0.15) is 6.92 Å². The quantitative estimate of drug-likeness (QED) is 0.915. The summed E-state index contributed by atoms with van der Waals surface area (Å²) in [6.07, 6.45) is 0. The molecule has 0 aliphatic rings. The maximum absolute atomic E-state index is 12.3. The number of alkyl halides is 2. The van der Waals surface area contributed by atoms with Gasteiger partial charge >= 0.3 is 6.61 Å². The van der Waals surface area contributed by atoms with E-state index in [2.05, 4.69) is 9.72 Å². The van der Waals surface area contributed by atoms with E-state index in [1.54, 1.807) is 24.6 Å². The number of aromatic nitrogens is 1. The third kappa shape index (κ3) is 3.11. The molecule has 0 atom stereocenters. The Kier molecular flexibility index (Phi) is 4.16. The summed E-state index contributed by atoms with van der Waals surface area (Å²) in [6, 6.07) is 4.63. The van der Waals surface area contributed by atoms with Gasteiger partial charge < -0.3 is 15.2 Å². The van der Waals surface area contributed by atoms with Crippen molar-refractivity contribution in [1.29, 1.82) is 0 Å². The third-order valence-electron chi connectivity index (χ3n) is 2.33. The van der Waals surface area contributed by atoms with Crippen LogP contribution in [0.2, 0.25) is 0 Å². The monoisotopic (exact) mass is 286 g/mol. The molecule has 4 nitrogen and oxygen atoms in total. The van der Waals surface area contributed by atoms with Crippen LogP contribution in [-0.4, -0.2) is 18.2 Å². The van der Waals surface area contributed by atoms with Crippen LogP contribution < -0.4 is 15.2 Å². The van der Waals surface area contributed by atoms with Gasteiger partial charge in [-0.15, -0.1) is 11.3 Å². The van der Waals surface area contributed by atoms with Gasteiger partial charge in [0.25, 0.3) is 0 Å². The first kappa shape index (κ1) is 13.5. The Morgan fingerprint density at radius 2 is 2.16 bits per heavy atom. The van der Waals surface area contributed by atoms with Crippen molar-refractivity contribution in [3.63, 3.8) is 0 Å². The van der Waals surface area contributed by atoms with Crippen molar-refractivity contribution in [3.05, 3.63) is 23.7 Å². The second kappa shape index (κ2) is 5.83. The molecule has 0 spiro atoms. The zero-order valence-corrected chi connectivity index (χ0v) is 10.9. The smallest absolute Gasteiger partial charge is 0.387 e. The number of thiazole rings is 1. The molecule has 0 aliphatic heterocycles. The number of nitrogen functional groups attached to an aromatic ring is 1. The average Bonchev–Trinajstić information content (AvgIpc) is 2.77. The lowest BCUT2D eigenvalue weighted by molar-refractivity contribution is -0.0514. The molecule has 102 valence electrons. The van der Waals surface area contributed by atoms with Gasteiger partial charge in [0, 0.05) is 5.56 Å². The zero-order valence-electron chi connectivity index (χ0n) is 10.1. The van der Waals surface area contributed by atoms with E-state index < -0.39 is 6.61 Å². The normalized spacial score (nSPS) is 10.7. The lowest BCUT2D eigenvalue weighted by atomic mass is 10.1. The Morgan fingerprint density at radius 1 is 1.37 bits per heavy atom. The number of rotatable bonds is 5. The molecule has 0 amide bonds. The summed E-state index contributed by atoms with van der Waals surface area (Å²) in [4.78, 5) is 4.13. The summed E-state index contributed by atoms with van der Waals surface area (Å²) in [7, 11) is 0. The molecule has 2 N–H and O–H groups in total. The minimum Gasteiger partial charge on any atom is -0.490 e. The first-order chi connectivity index (χ1) is 9.11. The number of ether oxygens (including phenoxy) is 2. The van der Waals surface area contributed by atoms with E-state index in [0.29, 0.717) is 22.9 Å². The fourth-order valence-corrected chi connectivity index (χ4v) is 2.14. The van der Waals surface area contributed by atoms with E-state index >= 15 is 0 Å². The summed E-state index contributed by atoms with van der Waals surface area (Å²) in [5.74, 6) is 0.238. The van der Waals surface area contributed by atoms with Gasteiger partial charge in [0.1, 0.15) is 10.7 Å². The minimum absolute atomic E-state index is 0.00518. The van der Waals surface area contributed by atoms with Crippen LogP contribution in [0.25, 0.3) is 11.3 Å².